The largest absolute Gasteiger partial charge is 0.475 e. The number of carboxylic acid groups (broad SMARTS) is 1. The molecule has 0 aliphatic heterocycles. The molecule has 6 nitrogen and oxygen atoms in total. The molecule has 1 atom stereocenters. The number of nitrogens with zero attached hydrogens (tertiary/aromatic N) is 1. The summed E-state index contributed by atoms with van der Waals surface area (Å²) < 4.78 is 16.2. The Balaban J connectivity index is 2.66. The summed E-state index contributed by atoms with van der Waals surface area (Å²) in [6, 6.07) is 3.17. The van der Waals surface area contributed by atoms with E-state index in [4.69, 9.17) is 19.0 Å². The van der Waals surface area contributed by atoms with E-state index < -0.39 is 5.97 Å². The lowest BCUT2D eigenvalue weighted by Gasteiger charge is -2.27. The van der Waals surface area contributed by atoms with Crippen LogP contribution in [0.2, 0.25) is 0 Å². The molecule has 1 heterocycles. The molecule has 1 rings (SSSR count). The van der Waals surface area contributed by atoms with Gasteiger partial charge in [0.1, 0.15) is 5.76 Å². The molecular weight excluding hydrogens is 274 g/mol. The highest BCUT2D eigenvalue weighted by Crippen LogP contribution is 2.22. The predicted molar refractivity (Wildman–Crippen MR) is 78.6 cm³/mol. The van der Waals surface area contributed by atoms with Crippen molar-refractivity contribution in [1.82, 2.24) is 4.90 Å². The Hall–Kier alpha value is -1.37. The van der Waals surface area contributed by atoms with Crippen molar-refractivity contribution >= 4 is 5.97 Å². The van der Waals surface area contributed by atoms with Crippen LogP contribution in [0.4, 0.5) is 0 Å². The molecule has 1 aromatic heterocycles. The average molecular weight is 299 g/mol. The smallest absolute Gasteiger partial charge is 0.371 e. The van der Waals surface area contributed by atoms with Crippen LogP contribution >= 0.6 is 0 Å². The van der Waals surface area contributed by atoms with Crippen LogP contribution in [0.1, 0.15) is 43.1 Å². The van der Waals surface area contributed by atoms with Crippen molar-refractivity contribution in [2.24, 2.45) is 0 Å². The highest BCUT2D eigenvalue weighted by Gasteiger charge is 2.20. The molecule has 21 heavy (non-hydrogen) atoms. The molecule has 0 spiro atoms. The number of hydrogen-bond acceptors (Lipinski definition) is 5. The maximum absolute atomic E-state index is 10.9. The summed E-state index contributed by atoms with van der Waals surface area (Å²) in [5.74, 6) is -0.449. The van der Waals surface area contributed by atoms with E-state index in [1.54, 1.807) is 6.07 Å². The van der Waals surface area contributed by atoms with Gasteiger partial charge in [-0.1, -0.05) is 0 Å². The van der Waals surface area contributed by atoms with Gasteiger partial charge in [0.05, 0.1) is 19.3 Å². The van der Waals surface area contributed by atoms with E-state index >= 15 is 0 Å². The van der Waals surface area contributed by atoms with Gasteiger partial charge in [-0.3, -0.25) is 4.90 Å². The number of aromatic carboxylic acids is 1. The standard InChI is InChI=1S/C15H25NO5/c1-4-19-10-8-16(9-11-20-5-2)12(3)13-6-7-14(21-13)15(17)18/h6-7,12H,4-5,8-11H2,1-3H3,(H,17,18). The number of furan rings is 1. The van der Waals surface area contributed by atoms with Crippen LogP contribution < -0.4 is 0 Å². The summed E-state index contributed by atoms with van der Waals surface area (Å²) in [7, 11) is 0. The van der Waals surface area contributed by atoms with E-state index in [0.717, 1.165) is 13.1 Å². The molecule has 1 N–H and O–H groups in total. The zero-order valence-corrected chi connectivity index (χ0v) is 13.0. The number of carboxylic acids is 1. The van der Waals surface area contributed by atoms with Crippen molar-refractivity contribution in [3.63, 3.8) is 0 Å². The lowest BCUT2D eigenvalue weighted by molar-refractivity contribution is 0.0580. The Labute approximate surface area is 125 Å². The van der Waals surface area contributed by atoms with Gasteiger partial charge in [-0.25, -0.2) is 4.79 Å². The number of rotatable bonds is 11. The van der Waals surface area contributed by atoms with E-state index in [-0.39, 0.29) is 11.8 Å². The van der Waals surface area contributed by atoms with Crippen LogP contribution in [0.5, 0.6) is 0 Å². The van der Waals surface area contributed by atoms with Crippen molar-refractivity contribution in [3.8, 4) is 0 Å². The minimum Gasteiger partial charge on any atom is -0.475 e. The minimum atomic E-state index is -1.05. The molecule has 6 heteroatoms. The second-order valence-electron chi connectivity index (χ2n) is 4.61. The summed E-state index contributed by atoms with van der Waals surface area (Å²) in [4.78, 5) is 13.0. The maximum Gasteiger partial charge on any atom is 0.371 e. The molecule has 0 saturated carbocycles. The average Bonchev–Trinajstić information content (AvgIpc) is 2.95. The van der Waals surface area contributed by atoms with Gasteiger partial charge in [-0.05, 0) is 32.9 Å². The first-order valence-electron chi connectivity index (χ1n) is 7.32. The molecule has 0 fully saturated rings. The lowest BCUT2D eigenvalue weighted by atomic mass is 10.2. The van der Waals surface area contributed by atoms with Crippen LogP contribution in [-0.4, -0.2) is 55.5 Å². The van der Waals surface area contributed by atoms with E-state index in [1.165, 1.54) is 6.07 Å². The lowest BCUT2D eigenvalue weighted by Crippen LogP contribution is -2.33. The Morgan fingerprint density at radius 1 is 1.24 bits per heavy atom. The second kappa shape index (κ2) is 9.55. The SMILES string of the molecule is CCOCCN(CCOCC)C(C)c1ccc(C(=O)O)o1. The third-order valence-electron chi connectivity index (χ3n) is 3.25. The van der Waals surface area contributed by atoms with Crippen LogP contribution in [0.15, 0.2) is 16.5 Å². The normalized spacial score (nSPS) is 12.8. The van der Waals surface area contributed by atoms with Gasteiger partial charge in [0.2, 0.25) is 5.76 Å². The van der Waals surface area contributed by atoms with Crippen molar-refractivity contribution in [2.45, 2.75) is 26.8 Å². The fourth-order valence-electron chi connectivity index (χ4n) is 2.02. The van der Waals surface area contributed by atoms with Gasteiger partial charge in [0.15, 0.2) is 0 Å². The molecule has 0 aromatic carbocycles. The van der Waals surface area contributed by atoms with E-state index in [2.05, 4.69) is 4.90 Å². The van der Waals surface area contributed by atoms with Gasteiger partial charge in [-0.15, -0.1) is 0 Å². The molecule has 1 aromatic rings. The zero-order chi connectivity index (χ0) is 15.7. The Morgan fingerprint density at radius 3 is 2.24 bits per heavy atom. The van der Waals surface area contributed by atoms with Gasteiger partial charge in [0.25, 0.3) is 0 Å². The molecule has 1 unspecified atom stereocenters. The van der Waals surface area contributed by atoms with Crippen molar-refractivity contribution < 1.29 is 23.8 Å². The monoisotopic (exact) mass is 299 g/mol. The topological polar surface area (TPSA) is 72.1 Å². The molecule has 0 aliphatic carbocycles. The van der Waals surface area contributed by atoms with E-state index in [1.807, 2.05) is 20.8 Å². The molecule has 0 amide bonds. The van der Waals surface area contributed by atoms with Crippen molar-refractivity contribution in [1.29, 1.82) is 0 Å². The maximum atomic E-state index is 10.9. The molecule has 120 valence electrons. The first-order valence-corrected chi connectivity index (χ1v) is 7.32. The third kappa shape index (κ3) is 5.87. The van der Waals surface area contributed by atoms with Gasteiger partial charge < -0.3 is 19.0 Å². The van der Waals surface area contributed by atoms with E-state index in [9.17, 15) is 4.79 Å². The molecule has 0 saturated heterocycles. The Kier molecular flexibility index (Phi) is 8.04. The molecule has 0 bridgehead atoms. The highest BCUT2D eigenvalue weighted by atomic mass is 16.5. The van der Waals surface area contributed by atoms with Crippen molar-refractivity contribution in [2.75, 3.05) is 39.5 Å². The summed E-state index contributed by atoms with van der Waals surface area (Å²) >= 11 is 0. The quantitative estimate of drug-likeness (QED) is 0.633. The van der Waals surface area contributed by atoms with Crippen LogP contribution in [0, 0.1) is 0 Å². The molecular formula is C15H25NO5. The minimum absolute atomic E-state index is 0.0287. The van der Waals surface area contributed by atoms with Gasteiger partial charge >= 0.3 is 5.97 Å². The van der Waals surface area contributed by atoms with Crippen LogP contribution in [0.3, 0.4) is 0 Å². The Morgan fingerprint density at radius 2 is 1.81 bits per heavy atom. The Bertz CT molecular complexity index is 408. The van der Waals surface area contributed by atoms with Crippen molar-refractivity contribution in [3.05, 3.63) is 23.7 Å². The summed E-state index contributed by atoms with van der Waals surface area (Å²) in [5, 5.41) is 8.92. The van der Waals surface area contributed by atoms with Crippen LogP contribution in [-0.2, 0) is 9.47 Å². The number of carbonyl (C=O) groups is 1. The summed E-state index contributed by atoms with van der Waals surface area (Å²) in [6.07, 6.45) is 0. The fraction of sp³-hybridized carbons (Fsp3) is 0.667. The van der Waals surface area contributed by atoms with Gasteiger partial charge in [0, 0.05) is 26.3 Å². The van der Waals surface area contributed by atoms with Gasteiger partial charge in [-0.2, -0.15) is 0 Å². The number of ether oxygens (including phenoxy) is 2. The first-order chi connectivity index (χ1) is 10.1. The first kappa shape index (κ1) is 17.7. The zero-order valence-electron chi connectivity index (χ0n) is 13.0. The van der Waals surface area contributed by atoms with E-state index in [0.29, 0.717) is 32.2 Å². The molecule has 0 radical (unpaired) electrons. The summed E-state index contributed by atoms with van der Waals surface area (Å²) in [6.45, 7) is 9.99. The second-order valence-corrected chi connectivity index (χ2v) is 4.61. The highest BCUT2D eigenvalue weighted by molar-refractivity contribution is 5.84. The molecule has 0 aliphatic rings. The predicted octanol–water partition coefficient (Wildman–Crippen LogP) is 2.41. The summed E-state index contributed by atoms with van der Waals surface area (Å²) in [5.41, 5.74) is 0. The van der Waals surface area contributed by atoms with Crippen LogP contribution in [0.25, 0.3) is 0 Å². The fourth-order valence-corrected chi connectivity index (χ4v) is 2.02. The third-order valence-corrected chi connectivity index (χ3v) is 3.25. The number of hydrogen-bond donors (Lipinski definition) is 1.